The molecule has 1 N–H and O–H groups in total. The Bertz CT molecular complexity index is 671. The molecule has 2 aromatic rings. The minimum Gasteiger partial charge on any atom is -0.355 e. The fourth-order valence-corrected chi connectivity index (χ4v) is 2.26. The summed E-state index contributed by atoms with van der Waals surface area (Å²) in [5.74, 6) is 0.116. The molecule has 0 amide bonds. The fraction of sp³-hybridized carbons (Fsp3) is 0.278. The van der Waals surface area contributed by atoms with Gasteiger partial charge < -0.3 is 5.32 Å². The Kier molecular flexibility index (Phi) is 4.38. The fourth-order valence-electron chi connectivity index (χ4n) is 2.08. The van der Waals surface area contributed by atoms with E-state index in [1.807, 2.05) is 70.2 Å². The summed E-state index contributed by atoms with van der Waals surface area (Å²) in [5.41, 5.74) is 2.97. The molecule has 0 atom stereocenters. The number of ketones is 1. The van der Waals surface area contributed by atoms with Crippen molar-refractivity contribution in [1.82, 2.24) is 0 Å². The van der Waals surface area contributed by atoms with Crippen LogP contribution in [0.2, 0.25) is 5.02 Å². The van der Waals surface area contributed by atoms with Gasteiger partial charge in [-0.2, -0.15) is 0 Å². The molecule has 0 aliphatic rings. The van der Waals surface area contributed by atoms with E-state index in [9.17, 15) is 4.79 Å². The molecule has 0 saturated carbocycles. The van der Waals surface area contributed by atoms with Crippen molar-refractivity contribution >= 4 is 28.8 Å². The molecule has 0 aliphatic carbocycles. The van der Waals surface area contributed by atoms with Gasteiger partial charge in [0.1, 0.15) is 0 Å². The topological polar surface area (TPSA) is 29.1 Å². The number of hydrogen-bond donors (Lipinski definition) is 1. The molecular weight excluding hydrogens is 282 g/mol. The first-order chi connectivity index (χ1) is 9.80. The van der Waals surface area contributed by atoms with Crippen molar-refractivity contribution in [2.24, 2.45) is 5.41 Å². The summed E-state index contributed by atoms with van der Waals surface area (Å²) in [6, 6.07) is 13.3. The van der Waals surface area contributed by atoms with E-state index in [2.05, 4.69) is 5.32 Å². The Morgan fingerprint density at radius 2 is 1.62 bits per heavy atom. The summed E-state index contributed by atoms with van der Waals surface area (Å²) in [7, 11) is 0. The monoisotopic (exact) mass is 301 g/mol. The summed E-state index contributed by atoms with van der Waals surface area (Å²) >= 11 is 6.15. The Morgan fingerprint density at radius 1 is 1.00 bits per heavy atom. The summed E-state index contributed by atoms with van der Waals surface area (Å²) in [6.45, 7) is 7.74. The van der Waals surface area contributed by atoms with Crippen LogP contribution in [0.3, 0.4) is 0 Å². The van der Waals surface area contributed by atoms with Crippen LogP contribution < -0.4 is 5.32 Å². The highest BCUT2D eigenvalue weighted by Crippen LogP contribution is 2.30. The zero-order valence-electron chi connectivity index (χ0n) is 12.8. The predicted molar refractivity (Wildman–Crippen MR) is 89.7 cm³/mol. The van der Waals surface area contributed by atoms with Gasteiger partial charge in [0.05, 0.1) is 0 Å². The van der Waals surface area contributed by atoms with E-state index >= 15 is 0 Å². The molecule has 0 radical (unpaired) electrons. The van der Waals surface area contributed by atoms with Gasteiger partial charge in [0.2, 0.25) is 0 Å². The van der Waals surface area contributed by atoms with Crippen LogP contribution in [0, 0.1) is 12.3 Å². The Morgan fingerprint density at radius 3 is 2.29 bits per heavy atom. The first-order valence-electron chi connectivity index (χ1n) is 6.96. The summed E-state index contributed by atoms with van der Waals surface area (Å²) in [5, 5.41) is 4.04. The lowest BCUT2D eigenvalue weighted by Crippen LogP contribution is -2.21. The van der Waals surface area contributed by atoms with Crippen molar-refractivity contribution in [3.05, 3.63) is 58.6 Å². The zero-order chi connectivity index (χ0) is 15.6. The normalized spacial score (nSPS) is 11.3. The highest BCUT2D eigenvalue weighted by atomic mass is 35.5. The number of hydrogen-bond acceptors (Lipinski definition) is 2. The van der Waals surface area contributed by atoms with Gasteiger partial charge in [0.15, 0.2) is 5.78 Å². The van der Waals surface area contributed by atoms with Gasteiger partial charge in [-0.25, -0.2) is 0 Å². The van der Waals surface area contributed by atoms with E-state index in [0.29, 0.717) is 10.6 Å². The molecule has 110 valence electrons. The first kappa shape index (κ1) is 15.6. The van der Waals surface area contributed by atoms with Gasteiger partial charge in [0, 0.05) is 27.4 Å². The number of carbonyl (C=O) groups is 1. The van der Waals surface area contributed by atoms with Gasteiger partial charge >= 0.3 is 0 Å². The number of Topliss-reactive ketones (excluding diaryl/α,β-unsaturated/α-hetero) is 1. The minimum absolute atomic E-state index is 0.116. The molecular formula is C18H20ClNO. The third-order valence-electron chi connectivity index (χ3n) is 3.39. The average Bonchev–Trinajstić information content (AvgIpc) is 2.43. The van der Waals surface area contributed by atoms with Crippen LogP contribution in [-0.2, 0) is 0 Å². The van der Waals surface area contributed by atoms with Crippen LogP contribution in [0.5, 0.6) is 0 Å². The second-order valence-corrected chi connectivity index (χ2v) is 6.57. The molecule has 0 heterocycles. The van der Waals surface area contributed by atoms with Crippen molar-refractivity contribution in [1.29, 1.82) is 0 Å². The van der Waals surface area contributed by atoms with Gasteiger partial charge in [-0.3, -0.25) is 4.79 Å². The maximum Gasteiger partial charge on any atom is 0.170 e. The summed E-state index contributed by atoms with van der Waals surface area (Å²) in [6.07, 6.45) is 0. The van der Waals surface area contributed by atoms with Crippen LogP contribution in [0.25, 0.3) is 0 Å². The van der Waals surface area contributed by atoms with Gasteiger partial charge in [-0.05, 0) is 36.8 Å². The van der Waals surface area contributed by atoms with Crippen molar-refractivity contribution in [2.45, 2.75) is 27.7 Å². The molecule has 0 aliphatic heterocycles. The maximum atomic E-state index is 12.6. The van der Waals surface area contributed by atoms with E-state index in [0.717, 1.165) is 16.9 Å². The highest BCUT2D eigenvalue weighted by molar-refractivity contribution is 6.31. The molecule has 0 bridgehead atoms. The number of rotatable bonds is 3. The lowest BCUT2D eigenvalue weighted by molar-refractivity contribution is 0.0859. The zero-order valence-corrected chi connectivity index (χ0v) is 13.6. The Balaban J connectivity index is 2.42. The smallest absolute Gasteiger partial charge is 0.170 e. The quantitative estimate of drug-likeness (QED) is 0.745. The van der Waals surface area contributed by atoms with E-state index < -0.39 is 5.41 Å². The van der Waals surface area contributed by atoms with E-state index in [1.54, 1.807) is 0 Å². The number of anilines is 2. The molecule has 0 saturated heterocycles. The van der Waals surface area contributed by atoms with Gasteiger partial charge in [0.25, 0.3) is 0 Å². The van der Waals surface area contributed by atoms with Crippen molar-refractivity contribution in [3.63, 3.8) is 0 Å². The standard InChI is InChI=1S/C18H20ClNO/c1-12-14(19)9-7-11-15(12)20-16-10-6-5-8-13(16)17(21)18(2,3)4/h5-11,20H,1-4H3. The molecule has 3 heteroatoms. The summed E-state index contributed by atoms with van der Waals surface area (Å²) in [4.78, 5) is 12.6. The third kappa shape index (κ3) is 3.45. The number of halogens is 1. The van der Waals surface area contributed by atoms with E-state index in [4.69, 9.17) is 11.6 Å². The van der Waals surface area contributed by atoms with Crippen LogP contribution in [0.1, 0.15) is 36.7 Å². The average molecular weight is 302 g/mol. The second kappa shape index (κ2) is 5.90. The van der Waals surface area contributed by atoms with Crippen LogP contribution in [0.15, 0.2) is 42.5 Å². The molecule has 0 spiro atoms. The van der Waals surface area contributed by atoms with Crippen LogP contribution >= 0.6 is 11.6 Å². The largest absolute Gasteiger partial charge is 0.355 e. The number of carbonyl (C=O) groups excluding carboxylic acids is 1. The number of benzene rings is 2. The lowest BCUT2D eigenvalue weighted by atomic mass is 9.86. The molecule has 0 fully saturated rings. The van der Waals surface area contributed by atoms with Gasteiger partial charge in [-0.15, -0.1) is 0 Å². The Labute approximate surface area is 131 Å². The molecule has 2 aromatic carbocycles. The predicted octanol–water partition coefficient (Wildman–Crippen LogP) is 5.62. The number of para-hydroxylation sites is 1. The highest BCUT2D eigenvalue weighted by Gasteiger charge is 2.25. The van der Waals surface area contributed by atoms with E-state index in [-0.39, 0.29) is 5.78 Å². The molecule has 0 unspecified atom stereocenters. The second-order valence-electron chi connectivity index (χ2n) is 6.16. The molecule has 2 nitrogen and oxygen atoms in total. The molecule has 21 heavy (non-hydrogen) atoms. The molecule has 0 aromatic heterocycles. The van der Waals surface area contributed by atoms with Crippen molar-refractivity contribution in [2.75, 3.05) is 5.32 Å². The van der Waals surface area contributed by atoms with Gasteiger partial charge in [-0.1, -0.05) is 50.6 Å². The minimum atomic E-state index is -0.416. The third-order valence-corrected chi connectivity index (χ3v) is 3.80. The lowest BCUT2D eigenvalue weighted by Gasteiger charge is -2.20. The molecule has 2 rings (SSSR count). The SMILES string of the molecule is Cc1c(Cl)cccc1Nc1ccccc1C(=O)C(C)(C)C. The number of nitrogens with one attached hydrogen (secondary N) is 1. The van der Waals surface area contributed by atoms with Crippen molar-refractivity contribution < 1.29 is 4.79 Å². The van der Waals surface area contributed by atoms with Crippen molar-refractivity contribution in [3.8, 4) is 0 Å². The maximum absolute atomic E-state index is 12.6. The Hall–Kier alpha value is -1.80. The van der Waals surface area contributed by atoms with E-state index in [1.165, 1.54) is 0 Å². The van der Waals surface area contributed by atoms with Crippen LogP contribution in [-0.4, -0.2) is 5.78 Å². The first-order valence-corrected chi connectivity index (χ1v) is 7.34. The van der Waals surface area contributed by atoms with Crippen LogP contribution in [0.4, 0.5) is 11.4 Å². The summed E-state index contributed by atoms with van der Waals surface area (Å²) < 4.78 is 0.